The van der Waals surface area contributed by atoms with E-state index in [0.29, 0.717) is 23.0 Å². The highest BCUT2D eigenvalue weighted by Crippen LogP contribution is 2.36. The van der Waals surface area contributed by atoms with E-state index >= 15 is 0 Å². The number of imidazole rings is 1. The molecule has 2 aromatic rings. The van der Waals surface area contributed by atoms with Crippen molar-refractivity contribution in [2.75, 3.05) is 26.8 Å². The summed E-state index contributed by atoms with van der Waals surface area (Å²) in [7, 11) is 1.44. The maximum atomic E-state index is 12.9. The Bertz CT molecular complexity index is 1090. The highest BCUT2D eigenvalue weighted by molar-refractivity contribution is 6.01. The van der Waals surface area contributed by atoms with Gasteiger partial charge in [-0.2, -0.15) is 0 Å². The van der Waals surface area contributed by atoms with Crippen molar-refractivity contribution in [2.24, 2.45) is 5.92 Å². The van der Waals surface area contributed by atoms with E-state index in [-0.39, 0.29) is 23.1 Å². The SMILES string of the molecule is C/C=C\C(=C/c1ncc(-c2cc(OC)c(C(=O)NC3CC3)c(OCC(F)F)c2)[nH]1)C1CCCNC1. The minimum Gasteiger partial charge on any atom is -0.496 e. The number of H-pyrrole nitrogens is 1. The van der Waals surface area contributed by atoms with Crippen molar-refractivity contribution in [1.82, 2.24) is 20.6 Å². The fourth-order valence-corrected chi connectivity index (χ4v) is 4.23. The molecule has 3 N–H and O–H groups in total. The van der Waals surface area contributed by atoms with E-state index in [9.17, 15) is 13.6 Å². The summed E-state index contributed by atoms with van der Waals surface area (Å²) in [6, 6.07) is 3.37. The standard InChI is InChI=1S/C26H32F2N4O3/c1-3-5-16(17-6-4-9-29-13-17)12-24-30-14-20(32-24)18-10-21(34-2)25(26(33)31-19-7-8-19)22(11-18)35-15-23(27)28/h3,5,10-12,14,17,19,23,29H,4,6-9,13,15H2,1-2H3,(H,30,32)(H,31,33)/b5-3-,16-12+. The molecule has 1 aliphatic carbocycles. The number of allylic oxidation sites excluding steroid dienone is 2. The fraction of sp³-hybridized carbons (Fsp3) is 0.462. The van der Waals surface area contributed by atoms with Crippen LogP contribution in [0.15, 0.2) is 36.1 Å². The molecule has 1 aromatic heterocycles. The van der Waals surface area contributed by atoms with Crippen molar-refractivity contribution in [3.8, 4) is 22.8 Å². The summed E-state index contributed by atoms with van der Waals surface area (Å²) in [6.07, 6.45) is 9.20. The van der Waals surface area contributed by atoms with Crippen LogP contribution in [-0.2, 0) is 0 Å². The number of rotatable bonds is 10. The predicted molar refractivity (Wildman–Crippen MR) is 131 cm³/mol. The van der Waals surface area contributed by atoms with Gasteiger partial charge < -0.3 is 25.1 Å². The molecule has 0 spiro atoms. The van der Waals surface area contributed by atoms with Gasteiger partial charge in [-0.25, -0.2) is 13.8 Å². The van der Waals surface area contributed by atoms with E-state index in [4.69, 9.17) is 9.47 Å². The van der Waals surface area contributed by atoms with Gasteiger partial charge >= 0.3 is 0 Å². The summed E-state index contributed by atoms with van der Waals surface area (Å²) in [4.78, 5) is 20.6. The van der Waals surface area contributed by atoms with E-state index in [1.165, 1.54) is 12.7 Å². The third-order valence-corrected chi connectivity index (χ3v) is 6.13. The fourth-order valence-electron chi connectivity index (χ4n) is 4.23. The monoisotopic (exact) mass is 486 g/mol. The number of hydrogen-bond acceptors (Lipinski definition) is 5. The van der Waals surface area contributed by atoms with Crippen molar-refractivity contribution in [3.63, 3.8) is 0 Å². The van der Waals surface area contributed by atoms with Gasteiger partial charge in [0.2, 0.25) is 0 Å². The maximum absolute atomic E-state index is 12.9. The van der Waals surface area contributed by atoms with Crippen LogP contribution in [0.3, 0.4) is 0 Å². The lowest BCUT2D eigenvalue weighted by molar-refractivity contribution is 0.0792. The van der Waals surface area contributed by atoms with E-state index in [0.717, 1.165) is 38.8 Å². The first kappa shape index (κ1) is 24.9. The Morgan fingerprint density at radius 3 is 2.74 bits per heavy atom. The minimum atomic E-state index is -2.67. The molecule has 1 saturated carbocycles. The van der Waals surface area contributed by atoms with Gasteiger partial charge in [0, 0.05) is 18.2 Å². The number of methoxy groups -OCH3 is 1. The molecule has 35 heavy (non-hydrogen) atoms. The van der Waals surface area contributed by atoms with E-state index in [2.05, 4.69) is 26.7 Å². The van der Waals surface area contributed by atoms with E-state index in [1.54, 1.807) is 18.3 Å². The zero-order valence-corrected chi connectivity index (χ0v) is 20.1. The van der Waals surface area contributed by atoms with Gasteiger partial charge in [-0.3, -0.25) is 4.79 Å². The number of nitrogens with one attached hydrogen (secondary N) is 3. The molecule has 0 radical (unpaired) electrons. The molecule has 1 saturated heterocycles. The number of aromatic nitrogens is 2. The molecule has 1 amide bonds. The number of alkyl halides is 2. The molecular formula is C26H32F2N4O3. The van der Waals surface area contributed by atoms with Gasteiger partial charge in [-0.15, -0.1) is 0 Å². The molecule has 1 atom stereocenters. The lowest BCUT2D eigenvalue weighted by Crippen LogP contribution is -2.30. The Morgan fingerprint density at radius 1 is 1.29 bits per heavy atom. The first-order chi connectivity index (χ1) is 17.0. The Kier molecular flexibility index (Phi) is 8.17. The van der Waals surface area contributed by atoms with E-state index in [1.807, 2.05) is 19.1 Å². The second kappa shape index (κ2) is 11.5. The van der Waals surface area contributed by atoms with Crippen LogP contribution in [0.5, 0.6) is 11.5 Å². The average Bonchev–Trinajstić information content (AvgIpc) is 3.55. The first-order valence-corrected chi connectivity index (χ1v) is 12.0. The number of ether oxygens (including phenoxy) is 2. The van der Waals surface area contributed by atoms with Crippen LogP contribution in [-0.4, -0.2) is 55.1 Å². The van der Waals surface area contributed by atoms with Crippen LogP contribution in [0.1, 0.15) is 48.8 Å². The van der Waals surface area contributed by atoms with Crippen LogP contribution < -0.4 is 20.1 Å². The molecule has 1 unspecified atom stereocenters. The molecule has 2 fully saturated rings. The highest BCUT2D eigenvalue weighted by Gasteiger charge is 2.28. The highest BCUT2D eigenvalue weighted by atomic mass is 19.3. The number of piperidine rings is 1. The van der Waals surface area contributed by atoms with Crippen LogP contribution in [0.2, 0.25) is 0 Å². The Morgan fingerprint density at radius 2 is 2.09 bits per heavy atom. The molecule has 1 aromatic carbocycles. The van der Waals surface area contributed by atoms with Crippen molar-refractivity contribution < 1.29 is 23.0 Å². The van der Waals surface area contributed by atoms with Gasteiger partial charge in [0.1, 0.15) is 29.5 Å². The molecule has 188 valence electrons. The molecule has 1 aliphatic heterocycles. The Labute approximate surface area is 204 Å². The number of hydrogen-bond donors (Lipinski definition) is 3. The van der Waals surface area contributed by atoms with Crippen LogP contribution in [0.25, 0.3) is 17.3 Å². The predicted octanol–water partition coefficient (Wildman–Crippen LogP) is 4.58. The van der Waals surface area contributed by atoms with E-state index < -0.39 is 18.9 Å². The van der Waals surface area contributed by atoms with Gasteiger partial charge in [0.15, 0.2) is 0 Å². The number of nitrogens with zero attached hydrogens (tertiary/aromatic N) is 1. The molecule has 4 rings (SSSR count). The zero-order valence-electron chi connectivity index (χ0n) is 20.1. The molecule has 2 heterocycles. The summed E-state index contributed by atoms with van der Waals surface area (Å²) in [5, 5.41) is 6.32. The topological polar surface area (TPSA) is 88.3 Å². The van der Waals surface area contributed by atoms with Gasteiger partial charge in [0.05, 0.1) is 19.0 Å². The number of aromatic amines is 1. The second-order valence-electron chi connectivity index (χ2n) is 8.87. The molecule has 7 nitrogen and oxygen atoms in total. The summed E-state index contributed by atoms with van der Waals surface area (Å²) >= 11 is 0. The summed E-state index contributed by atoms with van der Waals surface area (Å²) < 4.78 is 36.7. The van der Waals surface area contributed by atoms with Crippen molar-refractivity contribution in [3.05, 3.63) is 47.4 Å². The molecular weight excluding hydrogens is 454 g/mol. The van der Waals surface area contributed by atoms with Crippen LogP contribution >= 0.6 is 0 Å². The number of carbonyl (C=O) groups excluding carboxylic acids is 1. The number of amides is 1. The molecule has 9 heteroatoms. The number of halogens is 2. The Hall–Kier alpha value is -3.20. The zero-order chi connectivity index (χ0) is 24.8. The van der Waals surface area contributed by atoms with Crippen molar-refractivity contribution >= 4 is 12.0 Å². The third-order valence-electron chi connectivity index (χ3n) is 6.13. The lowest BCUT2D eigenvalue weighted by Gasteiger charge is -2.23. The van der Waals surface area contributed by atoms with Crippen LogP contribution in [0.4, 0.5) is 8.78 Å². The maximum Gasteiger partial charge on any atom is 0.272 e. The number of benzene rings is 1. The Balaban J connectivity index is 1.66. The van der Waals surface area contributed by atoms with Crippen LogP contribution in [0, 0.1) is 5.92 Å². The molecule has 0 bridgehead atoms. The normalized spacial score (nSPS) is 18.8. The lowest BCUT2D eigenvalue weighted by atomic mass is 9.90. The minimum absolute atomic E-state index is 0.0485. The quantitative estimate of drug-likeness (QED) is 0.428. The smallest absolute Gasteiger partial charge is 0.272 e. The number of carbonyl (C=O) groups is 1. The van der Waals surface area contributed by atoms with Gasteiger partial charge in [-0.05, 0) is 68.9 Å². The van der Waals surface area contributed by atoms with Gasteiger partial charge in [0.25, 0.3) is 12.3 Å². The van der Waals surface area contributed by atoms with Gasteiger partial charge in [-0.1, -0.05) is 12.2 Å². The third kappa shape index (κ3) is 6.48. The summed E-state index contributed by atoms with van der Waals surface area (Å²) in [5.74, 6) is 0.993. The largest absolute Gasteiger partial charge is 0.496 e. The first-order valence-electron chi connectivity index (χ1n) is 12.0. The average molecular weight is 487 g/mol. The van der Waals surface area contributed by atoms with Crippen molar-refractivity contribution in [2.45, 2.75) is 45.1 Å². The molecule has 2 aliphatic rings. The summed E-state index contributed by atoms with van der Waals surface area (Å²) in [6.45, 7) is 3.13. The van der Waals surface area contributed by atoms with Crippen molar-refractivity contribution in [1.29, 1.82) is 0 Å². The summed E-state index contributed by atoms with van der Waals surface area (Å²) in [5.41, 5.74) is 2.58. The second-order valence-corrected chi connectivity index (χ2v) is 8.87.